The Morgan fingerprint density at radius 1 is 0.471 bits per heavy atom. The fraction of sp³-hybridized carbons (Fsp3) is 0. The molecule has 0 aliphatic heterocycles. The average Bonchev–Trinajstić information content (AvgIpc) is 3.88. The van der Waals surface area contributed by atoms with Crippen molar-refractivity contribution in [2.45, 2.75) is 0 Å². The van der Waals surface area contributed by atoms with Gasteiger partial charge in [-0.3, -0.25) is 4.57 Å². The molecule has 0 spiro atoms. The van der Waals surface area contributed by atoms with Crippen LogP contribution in [-0.2, 0) is 0 Å². The van der Waals surface area contributed by atoms with Gasteiger partial charge in [0.25, 0.3) is 0 Å². The van der Waals surface area contributed by atoms with Gasteiger partial charge in [0, 0.05) is 59.0 Å². The molecule has 0 aliphatic rings. The second-order valence-corrected chi connectivity index (χ2v) is 13.7. The monoisotopic (exact) mass is 671 g/mol. The van der Waals surface area contributed by atoms with Crippen LogP contribution in [0.15, 0.2) is 156 Å². The minimum Gasteiger partial charge on any atom is -0.453 e. The maximum Gasteiger partial charge on any atom is 0.167 e. The molecule has 51 heavy (non-hydrogen) atoms. The highest BCUT2D eigenvalue weighted by Gasteiger charge is 2.22. The summed E-state index contributed by atoms with van der Waals surface area (Å²) < 4.78 is 11.5. The Labute approximate surface area is 294 Å². The van der Waals surface area contributed by atoms with Crippen molar-refractivity contribution in [3.8, 4) is 39.9 Å². The van der Waals surface area contributed by atoms with E-state index in [9.17, 15) is 0 Å². The van der Waals surface area contributed by atoms with E-state index in [0.29, 0.717) is 17.5 Å². The lowest BCUT2D eigenvalue weighted by Gasteiger charge is -2.09. The molecule has 238 valence electrons. The number of benzene rings is 6. The Morgan fingerprint density at radius 2 is 1.12 bits per heavy atom. The summed E-state index contributed by atoms with van der Waals surface area (Å²) in [7, 11) is 0. The van der Waals surface area contributed by atoms with E-state index in [2.05, 4.69) is 108 Å². The summed E-state index contributed by atoms with van der Waals surface area (Å²) in [5, 5.41) is 6.68. The highest BCUT2D eigenvalue weighted by molar-refractivity contribution is 7.26. The van der Waals surface area contributed by atoms with Gasteiger partial charge in [-0.1, -0.05) is 103 Å². The maximum absolute atomic E-state index is 6.95. The molecular formula is C44H25N5OS. The zero-order valence-electron chi connectivity index (χ0n) is 27.0. The lowest BCUT2D eigenvalue weighted by Crippen LogP contribution is -2.00. The lowest BCUT2D eigenvalue weighted by molar-refractivity contribution is 0.667. The van der Waals surface area contributed by atoms with Crippen LogP contribution in [0, 0.1) is 0 Å². The van der Waals surface area contributed by atoms with Gasteiger partial charge in [-0.25, -0.2) is 19.9 Å². The largest absolute Gasteiger partial charge is 0.453 e. The van der Waals surface area contributed by atoms with Gasteiger partial charge in [-0.2, -0.15) is 0 Å². The van der Waals surface area contributed by atoms with Crippen LogP contribution < -0.4 is 0 Å². The van der Waals surface area contributed by atoms with Crippen molar-refractivity contribution in [1.29, 1.82) is 0 Å². The standard InChI is InChI=1S/C44H25N5OS/c1-2-12-26(13-3-1)41-46-42(48-43(47-41)34-20-9-18-31-28-15-5-7-24-37(28)51-40(31)34)33-19-8-16-29-30-17-10-23-36(39(30)50-38(29)33)49-35-22-6-4-14-27(35)32-21-11-25-45-44(32)49/h1-25H. The second-order valence-electron chi connectivity index (χ2n) is 12.6. The smallest absolute Gasteiger partial charge is 0.167 e. The Hall–Kier alpha value is -6.70. The highest BCUT2D eigenvalue weighted by Crippen LogP contribution is 2.42. The number of hydrogen-bond acceptors (Lipinski definition) is 6. The van der Waals surface area contributed by atoms with Gasteiger partial charge in [-0.05, 0) is 42.5 Å². The maximum atomic E-state index is 6.95. The van der Waals surface area contributed by atoms with Crippen LogP contribution in [-0.4, -0.2) is 24.5 Å². The molecule has 0 unspecified atom stereocenters. The van der Waals surface area contributed by atoms with E-state index in [1.54, 1.807) is 11.3 Å². The van der Waals surface area contributed by atoms with Crippen LogP contribution in [0.4, 0.5) is 0 Å². The molecule has 6 nitrogen and oxygen atoms in total. The fourth-order valence-electron chi connectivity index (χ4n) is 7.45. The van der Waals surface area contributed by atoms with Crippen LogP contribution in [0.1, 0.15) is 0 Å². The minimum atomic E-state index is 0.557. The van der Waals surface area contributed by atoms with E-state index < -0.39 is 0 Å². The van der Waals surface area contributed by atoms with Gasteiger partial charge >= 0.3 is 0 Å². The summed E-state index contributed by atoms with van der Waals surface area (Å²) in [6, 6.07) is 50.1. The number of pyridine rings is 1. The zero-order valence-corrected chi connectivity index (χ0v) is 27.8. The Bertz CT molecular complexity index is 3100. The molecule has 0 amide bonds. The van der Waals surface area contributed by atoms with E-state index in [-0.39, 0.29) is 0 Å². The molecule has 11 aromatic rings. The molecule has 0 atom stereocenters. The summed E-state index contributed by atoms with van der Waals surface area (Å²) in [4.78, 5) is 20.2. The molecule has 6 aromatic carbocycles. The van der Waals surface area contributed by atoms with Gasteiger partial charge in [0.2, 0.25) is 0 Å². The number of fused-ring (bicyclic) bond motifs is 9. The van der Waals surface area contributed by atoms with Crippen molar-refractivity contribution in [3.05, 3.63) is 152 Å². The SMILES string of the molecule is c1ccc(-c2nc(-c3cccc4c3oc3c(-n5c6ccccc6c6cccnc65)cccc34)nc(-c3cccc4c3sc3ccccc34)n2)cc1. The van der Waals surface area contributed by atoms with Crippen LogP contribution in [0.3, 0.4) is 0 Å². The number of furan rings is 1. The first kappa shape index (κ1) is 28.2. The van der Waals surface area contributed by atoms with Crippen LogP contribution in [0.5, 0.6) is 0 Å². The van der Waals surface area contributed by atoms with Crippen molar-refractivity contribution < 1.29 is 4.42 Å². The Balaban J connectivity index is 1.17. The predicted octanol–water partition coefficient (Wildman–Crippen LogP) is 11.6. The van der Waals surface area contributed by atoms with E-state index in [1.165, 1.54) is 15.5 Å². The number of rotatable bonds is 4. The number of aromatic nitrogens is 5. The molecule has 0 saturated heterocycles. The van der Waals surface area contributed by atoms with Gasteiger partial charge in [0.15, 0.2) is 23.1 Å². The molecule has 5 aromatic heterocycles. The van der Waals surface area contributed by atoms with Crippen molar-refractivity contribution >= 4 is 75.4 Å². The number of hydrogen-bond donors (Lipinski definition) is 0. The van der Waals surface area contributed by atoms with E-state index >= 15 is 0 Å². The summed E-state index contributed by atoms with van der Waals surface area (Å²) in [5.74, 6) is 1.79. The normalized spacial score (nSPS) is 11.9. The molecule has 0 N–H and O–H groups in total. The van der Waals surface area contributed by atoms with Gasteiger partial charge < -0.3 is 4.42 Å². The molecule has 0 aliphatic carbocycles. The predicted molar refractivity (Wildman–Crippen MR) is 208 cm³/mol. The molecule has 0 saturated carbocycles. The fourth-order valence-corrected chi connectivity index (χ4v) is 8.67. The van der Waals surface area contributed by atoms with Crippen molar-refractivity contribution in [1.82, 2.24) is 24.5 Å². The van der Waals surface area contributed by atoms with E-state index in [1.807, 2.05) is 48.7 Å². The molecule has 0 bridgehead atoms. The number of thiophene rings is 1. The lowest BCUT2D eigenvalue weighted by atomic mass is 10.1. The third-order valence-corrected chi connectivity index (χ3v) is 11.0. The van der Waals surface area contributed by atoms with Crippen LogP contribution in [0.2, 0.25) is 0 Å². The molecule has 0 fully saturated rings. The molecule has 0 radical (unpaired) electrons. The van der Waals surface area contributed by atoms with Crippen molar-refractivity contribution in [3.63, 3.8) is 0 Å². The van der Waals surface area contributed by atoms with Gasteiger partial charge in [-0.15, -0.1) is 11.3 Å². The molecular weight excluding hydrogens is 647 g/mol. The van der Waals surface area contributed by atoms with Crippen LogP contribution >= 0.6 is 11.3 Å². The van der Waals surface area contributed by atoms with Gasteiger partial charge in [0.1, 0.15) is 11.2 Å². The topological polar surface area (TPSA) is 69.6 Å². The quantitative estimate of drug-likeness (QED) is 0.186. The van der Waals surface area contributed by atoms with Crippen molar-refractivity contribution in [2.24, 2.45) is 0 Å². The minimum absolute atomic E-state index is 0.557. The third-order valence-electron chi connectivity index (χ3n) is 9.73. The number of nitrogens with zero attached hydrogens (tertiary/aromatic N) is 5. The second kappa shape index (κ2) is 10.9. The highest BCUT2D eigenvalue weighted by atomic mass is 32.1. The molecule has 7 heteroatoms. The first-order valence-electron chi connectivity index (χ1n) is 16.8. The Morgan fingerprint density at radius 3 is 2.00 bits per heavy atom. The van der Waals surface area contributed by atoms with E-state index in [4.69, 9.17) is 24.4 Å². The first-order valence-corrected chi connectivity index (χ1v) is 17.6. The third kappa shape index (κ3) is 4.22. The number of para-hydroxylation sites is 3. The molecule has 11 rings (SSSR count). The average molecular weight is 672 g/mol. The van der Waals surface area contributed by atoms with Gasteiger partial charge in [0.05, 0.1) is 16.8 Å². The van der Waals surface area contributed by atoms with Crippen molar-refractivity contribution in [2.75, 3.05) is 0 Å². The zero-order chi connectivity index (χ0) is 33.5. The summed E-state index contributed by atoms with van der Waals surface area (Å²) in [6.45, 7) is 0. The Kier molecular flexibility index (Phi) is 6.02. The molecule has 5 heterocycles. The summed E-state index contributed by atoms with van der Waals surface area (Å²) >= 11 is 1.77. The van der Waals surface area contributed by atoms with E-state index in [0.717, 1.165) is 71.0 Å². The van der Waals surface area contributed by atoms with Crippen LogP contribution in [0.25, 0.3) is 104 Å². The summed E-state index contributed by atoms with van der Waals surface area (Å²) in [6.07, 6.45) is 1.84. The first-order chi connectivity index (χ1) is 25.3. The summed E-state index contributed by atoms with van der Waals surface area (Å²) in [5.41, 5.74) is 7.10.